The number of aromatic nitrogens is 2. The van der Waals surface area contributed by atoms with Crippen LogP contribution >= 0.6 is 0 Å². The van der Waals surface area contributed by atoms with Gasteiger partial charge in [0.15, 0.2) is 0 Å². The Kier molecular flexibility index (Phi) is 4.82. The second kappa shape index (κ2) is 7.99. The summed E-state index contributed by atoms with van der Waals surface area (Å²) >= 11 is 0. The molecule has 6 rings (SSSR count). The van der Waals surface area contributed by atoms with Gasteiger partial charge in [-0.1, -0.05) is 24.6 Å². The number of carbonyl (C=O) groups excluding carboxylic acids is 2. The maximum Gasteiger partial charge on any atom is 0.251 e. The molecule has 2 heterocycles. The Hall–Kier alpha value is -3.74. The third-order valence-corrected chi connectivity index (χ3v) is 7.13. The van der Waals surface area contributed by atoms with Crippen molar-refractivity contribution in [3.8, 4) is 11.3 Å². The minimum absolute atomic E-state index is 0.00541. The number of hydrogen-bond acceptors (Lipinski definition) is 5. The third kappa shape index (κ3) is 3.84. The van der Waals surface area contributed by atoms with Crippen LogP contribution in [0.25, 0.3) is 11.3 Å². The number of nitrogens with zero attached hydrogens (tertiary/aromatic N) is 2. The summed E-state index contributed by atoms with van der Waals surface area (Å²) in [5, 5.41) is 9.37. The molecule has 33 heavy (non-hydrogen) atoms. The van der Waals surface area contributed by atoms with E-state index >= 15 is 0 Å². The van der Waals surface area contributed by atoms with Gasteiger partial charge in [0, 0.05) is 34.6 Å². The van der Waals surface area contributed by atoms with Crippen LogP contribution in [-0.2, 0) is 11.2 Å². The van der Waals surface area contributed by atoms with Crippen LogP contribution in [0.1, 0.15) is 41.6 Å². The molecule has 0 spiro atoms. The Morgan fingerprint density at radius 2 is 1.88 bits per heavy atom. The van der Waals surface area contributed by atoms with E-state index in [0.717, 1.165) is 40.5 Å². The van der Waals surface area contributed by atoms with Crippen molar-refractivity contribution in [1.29, 1.82) is 0 Å². The number of hydrogen-bond donors (Lipinski definition) is 3. The summed E-state index contributed by atoms with van der Waals surface area (Å²) in [4.78, 5) is 34.0. The molecule has 1 aliphatic heterocycles. The molecule has 3 atom stereocenters. The Balaban J connectivity index is 1.19. The van der Waals surface area contributed by atoms with Gasteiger partial charge >= 0.3 is 0 Å². The number of carbonyl (C=O) groups is 2. The molecule has 7 heteroatoms. The molecule has 0 radical (unpaired) electrons. The van der Waals surface area contributed by atoms with Crippen molar-refractivity contribution < 1.29 is 9.59 Å². The first-order chi connectivity index (χ1) is 16.1. The molecule has 0 unspecified atom stereocenters. The van der Waals surface area contributed by atoms with Crippen LogP contribution in [0, 0.1) is 11.8 Å². The van der Waals surface area contributed by atoms with Gasteiger partial charge in [0.1, 0.15) is 0 Å². The summed E-state index contributed by atoms with van der Waals surface area (Å²) in [5.41, 5.74) is 4.60. The fraction of sp³-hybridized carbons (Fsp3) is 0.308. The average Bonchev–Trinajstić information content (AvgIpc) is 3.41. The molecule has 2 bridgehead atoms. The van der Waals surface area contributed by atoms with Gasteiger partial charge in [-0.2, -0.15) is 0 Å². The lowest BCUT2D eigenvalue weighted by Crippen LogP contribution is -2.38. The Morgan fingerprint density at radius 3 is 2.67 bits per heavy atom. The molecule has 2 fully saturated rings. The number of rotatable bonds is 4. The number of fused-ring (bicyclic) bond motifs is 5. The Labute approximate surface area is 192 Å². The second-order valence-electron chi connectivity index (χ2n) is 9.30. The van der Waals surface area contributed by atoms with Crippen molar-refractivity contribution in [2.75, 3.05) is 10.6 Å². The molecule has 2 aromatic carbocycles. The van der Waals surface area contributed by atoms with Crippen molar-refractivity contribution in [1.82, 2.24) is 15.3 Å². The van der Waals surface area contributed by atoms with Gasteiger partial charge in [-0.25, -0.2) is 9.97 Å². The highest BCUT2D eigenvalue weighted by molar-refractivity contribution is 6.00. The molecule has 3 aromatic rings. The highest BCUT2D eigenvalue weighted by Crippen LogP contribution is 2.44. The van der Waals surface area contributed by atoms with Crippen LogP contribution < -0.4 is 16.0 Å². The average molecular weight is 440 g/mol. The first kappa shape index (κ1) is 19.9. The van der Waals surface area contributed by atoms with Crippen LogP contribution in [0.2, 0.25) is 0 Å². The standard InChI is InChI=1S/C26H25N5O2/c32-23-13-18-14-27-26(31-24(18)20-3-1-2-4-21(20)29-23)28-19-9-7-16(8-10-19)25(33)30-22-12-15-5-6-17(22)11-15/h1-4,7-10,14-15,17,22H,5-6,11-13H2,(H,29,32)(H,30,33)(H,27,28,31)/t15-,17+,22+/m0/s1. The SMILES string of the molecule is O=C1Cc2cnc(Nc3ccc(C(=O)N[C@@H]4C[C@H]5CC[C@@H]4C5)cc3)nc2-c2ccccc2N1. The van der Waals surface area contributed by atoms with Crippen LogP contribution in [0.4, 0.5) is 17.3 Å². The number of nitrogens with one attached hydrogen (secondary N) is 3. The van der Waals surface area contributed by atoms with Crippen LogP contribution in [0.3, 0.4) is 0 Å². The Bertz CT molecular complexity index is 1240. The van der Waals surface area contributed by atoms with E-state index in [-0.39, 0.29) is 18.2 Å². The van der Waals surface area contributed by atoms with E-state index in [1.807, 2.05) is 48.5 Å². The second-order valence-corrected chi connectivity index (χ2v) is 9.30. The predicted octanol–water partition coefficient (Wildman–Crippen LogP) is 4.30. The molecule has 0 saturated heterocycles. The van der Waals surface area contributed by atoms with Gasteiger partial charge < -0.3 is 16.0 Å². The zero-order valence-corrected chi connectivity index (χ0v) is 18.2. The lowest BCUT2D eigenvalue weighted by atomic mass is 9.95. The fourth-order valence-electron chi connectivity index (χ4n) is 5.50. The topological polar surface area (TPSA) is 96.0 Å². The molecule has 2 aliphatic carbocycles. The Morgan fingerprint density at radius 1 is 1.03 bits per heavy atom. The first-order valence-corrected chi connectivity index (χ1v) is 11.6. The van der Waals surface area contributed by atoms with Gasteiger partial charge in [0.25, 0.3) is 5.91 Å². The molecule has 3 N–H and O–H groups in total. The maximum atomic E-state index is 12.7. The van der Waals surface area contributed by atoms with Gasteiger partial charge in [0.05, 0.1) is 17.8 Å². The number of anilines is 3. The zero-order valence-electron chi connectivity index (χ0n) is 18.2. The van der Waals surface area contributed by atoms with Crippen LogP contribution in [-0.4, -0.2) is 27.8 Å². The quantitative estimate of drug-likeness (QED) is 0.563. The summed E-state index contributed by atoms with van der Waals surface area (Å²) in [5.74, 6) is 1.81. The lowest BCUT2D eigenvalue weighted by Gasteiger charge is -2.22. The number of amides is 2. The highest BCUT2D eigenvalue weighted by atomic mass is 16.2. The normalized spacial score (nSPS) is 22.7. The predicted molar refractivity (Wildman–Crippen MR) is 126 cm³/mol. The minimum atomic E-state index is -0.0789. The van der Waals surface area contributed by atoms with Gasteiger partial charge in [-0.15, -0.1) is 0 Å². The van der Waals surface area contributed by atoms with E-state index in [1.165, 1.54) is 19.3 Å². The minimum Gasteiger partial charge on any atom is -0.349 e. The van der Waals surface area contributed by atoms with Crippen molar-refractivity contribution in [3.63, 3.8) is 0 Å². The summed E-state index contributed by atoms with van der Waals surface area (Å²) in [6, 6.07) is 15.3. The molecule has 3 aliphatic rings. The molecule has 2 saturated carbocycles. The summed E-state index contributed by atoms with van der Waals surface area (Å²) in [6.45, 7) is 0. The van der Waals surface area contributed by atoms with E-state index < -0.39 is 0 Å². The van der Waals surface area contributed by atoms with Gasteiger partial charge in [-0.3, -0.25) is 9.59 Å². The smallest absolute Gasteiger partial charge is 0.251 e. The molecular weight excluding hydrogens is 414 g/mol. The highest BCUT2D eigenvalue weighted by Gasteiger charge is 2.40. The monoisotopic (exact) mass is 439 g/mol. The van der Waals surface area contributed by atoms with E-state index in [1.54, 1.807) is 6.20 Å². The van der Waals surface area contributed by atoms with Crippen molar-refractivity contribution in [2.45, 2.75) is 38.1 Å². The summed E-state index contributed by atoms with van der Waals surface area (Å²) < 4.78 is 0. The maximum absolute atomic E-state index is 12.7. The van der Waals surface area contributed by atoms with E-state index in [0.29, 0.717) is 23.5 Å². The molecule has 7 nitrogen and oxygen atoms in total. The summed E-state index contributed by atoms with van der Waals surface area (Å²) in [6.07, 6.45) is 6.88. The van der Waals surface area contributed by atoms with Crippen molar-refractivity contribution >= 4 is 29.1 Å². The zero-order chi connectivity index (χ0) is 22.4. The van der Waals surface area contributed by atoms with Gasteiger partial charge in [0.2, 0.25) is 11.9 Å². The lowest BCUT2D eigenvalue weighted by molar-refractivity contribution is -0.115. The van der Waals surface area contributed by atoms with E-state index in [2.05, 4.69) is 20.9 Å². The van der Waals surface area contributed by atoms with Crippen molar-refractivity contribution in [2.24, 2.45) is 11.8 Å². The number of para-hydroxylation sites is 1. The molecule has 166 valence electrons. The first-order valence-electron chi connectivity index (χ1n) is 11.6. The van der Waals surface area contributed by atoms with E-state index in [9.17, 15) is 9.59 Å². The van der Waals surface area contributed by atoms with E-state index in [4.69, 9.17) is 4.98 Å². The molecule has 2 amide bonds. The fourth-order valence-corrected chi connectivity index (χ4v) is 5.50. The van der Waals surface area contributed by atoms with Crippen LogP contribution in [0.5, 0.6) is 0 Å². The summed E-state index contributed by atoms with van der Waals surface area (Å²) in [7, 11) is 0. The largest absolute Gasteiger partial charge is 0.349 e. The third-order valence-electron chi connectivity index (χ3n) is 7.13. The number of benzene rings is 2. The van der Waals surface area contributed by atoms with Crippen molar-refractivity contribution in [3.05, 3.63) is 65.9 Å². The van der Waals surface area contributed by atoms with Gasteiger partial charge in [-0.05, 0) is 61.4 Å². The molecular formula is C26H25N5O2. The van der Waals surface area contributed by atoms with Crippen LogP contribution in [0.15, 0.2) is 54.7 Å². The molecule has 1 aromatic heterocycles.